The number of benzene rings is 1. The van der Waals surface area contributed by atoms with E-state index in [-0.39, 0.29) is 6.04 Å². The average Bonchev–Trinajstić information content (AvgIpc) is 2.67. The van der Waals surface area contributed by atoms with Gasteiger partial charge in [0.05, 0.1) is 12.2 Å². The predicted molar refractivity (Wildman–Crippen MR) is 70.7 cm³/mol. The van der Waals surface area contributed by atoms with Crippen molar-refractivity contribution in [2.75, 3.05) is 13.1 Å². The summed E-state index contributed by atoms with van der Waals surface area (Å²) >= 11 is 0. The average molecular weight is 247 g/mol. The first-order valence-electron chi connectivity index (χ1n) is 6.82. The van der Waals surface area contributed by atoms with E-state index in [9.17, 15) is 5.11 Å². The molecule has 0 amide bonds. The molecule has 0 spiro atoms. The van der Waals surface area contributed by atoms with Crippen molar-refractivity contribution >= 4 is 0 Å². The van der Waals surface area contributed by atoms with Crippen LogP contribution in [0.3, 0.4) is 0 Å². The number of hydrogen-bond acceptors (Lipinski definition) is 3. The number of ether oxygens (including phenoxy) is 1. The molecule has 18 heavy (non-hydrogen) atoms. The van der Waals surface area contributed by atoms with Gasteiger partial charge in [0.1, 0.15) is 5.75 Å². The smallest absolute Gasteiger partial charge is 0.120 e. The largest absolute Gasteiger partial charge is 0.508 e. The number of aryl methyl sites for hydroxylation is 1. The highest BCUT2D eigenvalue weighted by molar-refractivity contribution is 5.37. The quantitative estimate of drug-likeness (QED) is 0.872. The van der Waals surface area contributed by atoms with Gasteiger partial charge in [-0.05, 0) is 38.3 Å². The lowest BCUT2D eigenvalue weighted by atomic mass is 10.0. The predicted octanol–water partition coefficient (Wildman–Crippen LogP) is 2.62. The molecule has 2 aliphatic rings. The topological polar surface area (TPSA) is 32.7 Å². The third kappa shape index (κ3) is 2.13. The summed E-state index contributed by atoms with van der Waals surface area (Å²) in [6.07, 6.45) is 3.18. The minimum absolute atomic E-state index is 0.262. The van der Waals surface area contributed by atoms with Gasteiger partial charge >= 0.3 is 0 Å². The molecule has 3 nitrogen and oxygen atoms in total. The van der Waals surface area contributed by atoms with E-state index in [2.05, 4.69) is 17.9 Å². The van der Waals surface area contributed by atoms with E-state index in [1.807, 2.05) is 19.1 Å². The Balaban J connectivity index is 1.79. The van der Waals surface area contributed by atoms with E-state index in [0.29, 0.717) is 18.0 Å². The highest BCUT2D eigenvalue weighted by Crippen LogP contribution is 2.34. The van der Waals surface area contributed by atoms with Crippen LogP contribution in [-0.2, 0) is 4.74 Å². The highest BCUT2D eigenvalue weighted by Gasteiger charge is 2.36. The molecule has 0 radical (unpaired) electrons. The summed E-state index contributed by atoms with van der Waals surface area (Å²) in [5.74, 6) is 0.418. The second kappa shape index (κ2) is 4.56. The van der Waals surface area contributed by atoms with Gasteiger partial charge in [-0.3, -0.25) is 4.90 Å². The maximum Gasteiger partial charge on any atom is 0.120 e. The molecule has 0 saturated carbocycles. The van der Waals surface area contributed by atoms with E-state index in [1.54, 1.807) is 0 Å². The van der Waals surface area contributed by atoms with Gasteiger partial charge in [-0.1, -0.05) is 12.1 Å². The molecular formula is C15H21NO2. The van der Waals surface area contributed by atoms with Crippen molar-refractivity contribution in [2.24, 2.45) is 0 Å². The first kappa shape index (κ1) is 12.0. The van der Waals surface area contributed by atoms with Crippen molar-refractivity contribution in [2.45, 2.75) is 44.9 Å². The van der Waals surface area contributed by atoms with Gasteiger partial charge in [0.15, 0.2) is 0 Å². The number of likely N-dealkylation sites (tertiary alicyclic amines) is 1. The van der Waals surface area contributed by atoms with Gasteiger partial charge < -0.3 is 9.84 Å². The van der Waals surface area contributed by atoms with E-state index in [0.717, 1.165) is 24.2 Å². The zero-order chi connectivity index (χ0) is 12.7. The number of aromatic hydroxyl groups is 1. The van der Waals surface area contributed by atoms with Crippen LogP contribution in [0.15, 0.2) is 18.2 Å². The van der Waals surface area contributed by atoms with Crippen molar-refractivity contribution in [3.8, 4) is 5.75 Å². The number of fused-ring (bicyclic) bond motifs is 2. The molecule has 3 rings (SSSR count). The summed E-state index contributed by atoms with van der Waals surface area (Å²) in [5, 5.41) is 10.1. The van der Waals surface area contributed by atoms with E-state index < -0.39 is 0 Å². The van der Waals surface area contributed by atoms with E-state index in [4.69, 9.17) is 4.74 Å². The zero-order valence-electron chi connectivity index (χ0n) is 11.1. The van der Waals surface area contributed by atoms with Crippen molar-refractivity contribution in [3.05, 3.63) is 29.3 Å². The molecule has 2 heterocycles. The van der Waals surface area contributed by atoms with Crippen LogP contribution in [0.1, 0.15) is 36.9 Å². The van der Waals surface area contributed by atoms with Crippen molar-refractivity contribution < 1.29 is 9.84 Å². The normalized spacial score (nSPS) is 29.4. The zero-order valence-corrected chi connectivity index (χ0v) is 11.1. The standard InChI is InChI=1S/C15H21NO2/c1-10-3-6-14(15(17)7-10)11(2)16-8-12-4-5-13(9-16)18-12/h3,6-7,11-13,17H,4-5,8-9H2,1-2H3. The van der Waals surface area contributed by atoms with Gasteiger partial charge in [0, 0.05) is 24.7 Å². The Morgan fingerprint density at radius 3 is 2.56 bits per heavy atom. The second-order valence-corrected chi connectivity index (χ2v) is 5.65. The summed E-state index contributed by atoms with van der Waals surface area (Å²) in [4.78, 5) is 2.44. The van der Waals surface area contributed by atoms with Crippen LogP contribution in [0.4, 0.5) is 0 Å². The first-order valence-corrected chi connectivity index (χ1v) is 6.82. The Bertz CT molecular complexity index is 434. The van der Waals surface area contributed by atoms with E-state index >= 15 is 0 Å². The Hall–Kier alpha value is -1.06. The molecular weight excluding hydrogens is 226 g/mol. The number of phenols is 1. The summed E-state index contributed by atoms with van der Waals surface area (Å²) in [5.41, 5.74) is 2.13. The molecule has 2 bridgehead atoms. The molecule has 2 fully saturated rings. The molecule has 1 aromatic carbocycles. The summed E-state index contributed by atoms with van der Waals surface area (Å²) in [7, 11) is 0. The fourth-order valence-corrected chi connectivity index (χ4v) is 3.17. The van der Waals surface area contributed by atoms with Gasteiger partial charge in [-0.15, -0.1) is 0 Å². The van der Waals surface area contributed by atoms with Crippen LogP contribution >= 0.6 is 0 Å². The number of phenolic OH excluding ortho intramolecular Hbond substituents is 1. The van der Waals surface area contributed by atoms with Crippen molar-refractivity contribution in [1.29, 1.82) is 0 Å². The number of hydrogen-bond donors (Lipinski definition) is 1. The Kier molecular flexibility index (Phi) is 3.04. The maximum atomic E-state index is 10.1. The Morgan fingerprint density at radius 1 is 1.28 bits per heavy atom. The van der Waals surface area contributed by atoms with E-state index in [1.165, 1.54) is 12.8 Å². The molecule has 3 atom stereocenters. The van der Waals surface area contributed by atoms with Crippen molar-refractivity contribution in [1.82, 2.24) is 4.90 Å². The van der Waals surface area contributed by atoms with Crippen molar-refractivity contribution in [3.63, 3.8) is 0 Å². The lowest BCUT2D eigenvalue weighted by Crippen LogP contribution is -2.43. The van der Waals surface area contributed by atoms with Crippen LogP contribution < -0.4 is 0 Å². The molecule has 2 aliphatic heterocycles. The third-order valence-electron chi connectivity index (χ3n) is 4.26. The fraction of sp³-hybridized carbons (Fsp3) is 0.600. The lowest BCUT2D eigenvalue weighted by molar-refractivity contribution is -0.0511. The maximum absolute atomic E-state index is 10.1. The van der Waals surface area contributed by atoms with Crippen LogP contribution in [0.2, 0.25) is 0 Å². The fourth-order valence-electron chi connectivity index (χ4n) is 3.17. The minimum Gasteiger partial charge on any atom is -0.508 e. The number of rotatable bonds is 2. The van der Waals surface area contributed by atoms with Crippen LogP contribution in [0.5, 0.6) is 5.75 Å². The third-order valence-corrected chi connectivity index (χ3v) is 4.26. The molecule has 3 heteroatoms. The minimum atomic E-state index is 0.262. The molecule has 1 N–H and O–H groups in total. The van der Waals surface area contributed by atoms with Gasteiger partial charge in [0.2, 0.25) is 0 Å². The number of morpholine rings is 1. The Morgan fingerprint density at radius 2 is 1.94 bits per heavy atom. The second-order valence-electron chi connectivity index (χ2n) is 5.65. The summed E-state index contributed by atoms with van der Waals surface area (Å²) in [6, 6.07) is 6.23. The van der Waals surface area contributed by atoms with Gasteiger partial charge in [-0.25, -0.2) is 0 Å². The monoisotopic (exact) mass is 247 g/mol. The van der Waals surface area contributed by atoms with Crippen LogP contribution in [0.25, 0.3) is 0 Å². The van der Waals surface area contributed by atoms with Gasteiger partial charge in [-0.2, -0.15) is 0 Å². The number of nitrogens with zero attached hydrogens (tertiary/aromatic N) is 1. The SMILES string of the molecule is Cc1ccc(C(C)N2CC3CCC(C2)O3)c(O)c1. The van der Waals surface area contributed by atoms with Crippen LogP contribution in [-0.4, -0.2) is 35.3 Å². The molecule has 2 saturated heterocycles. The molecule has 0 aromatic heterocycles. The molecule has 3 unspecified atom stereocenters. The summed E-state index contributed by atoms with van der Waals surface area (Å²) < 4.78 is 5.86. The Labute approximate surface area is 108 Å². The van der Waals surface area contributed by atoms with Gasteiger partial charge in [0.25, 0.3) is 0 Å². The van der Waals surface area contributed by atoms with Crippen LogP contribution in [0, 0.1) is 6.92 Å². The first-order chi connectivity index (χ1) is 8.63. The summed E-state index contributed by atoms with van der Waals surface area (Å²) in [6.45, 7) is 6.16. The highest BCUT2D eigenvalue weighted by atomic mass is 16.5. The molecule has 0 aliphatic carbocycles. The lowest BCUT2D eigenvalue weighted by Gasteiger charge is -2.36. The molecule has 98 valence electrons. The molecule has 1 aromatic rings.